The van der Waals surface area contributed by atoms with Crippen molar-refractivity contribution in [3.05, 3.63) is 107 Å². The minimum atomic E-state index is -0.246. The molecule has 0 radical (unpaired) electrons. The number of anilines is 1. The van der Waals surface area contributed by atoms with Crippen molar-refractivity contribution >= 4 is 16.5 Å². The van der Waals surface area contributed by atoms with Gasteiger partial charge in [-0.15, -0.1) is 0 Å². The second-order valence-corrected chi connectivity index (χ2v) is 7.01. The van der Waals surface area contributed by atoms with Gasteiger partial charge in [-0.2, -0.15) is 0 Å². The van der Waals surface area contributed by atoms with Crippen molar-refractivity contribution in [1.82, 2.24) is 0 Å². The van der Waals surface area contributed by atoms with E-state index in [-0.39, 0.29) is 12.4 Å². The molecule has 0 saturated heterocycles. The summed E-state index contributed by atoms with van der Waals surface area (Å²) in [6.07, 6.45) is 0.968. The first-order valence-corrected chi connectivity index (χ1v) is 9.95. The molecular weight excluding hydrogens is 361 g/mol. The van der Waals surface area contributed by atoms with Gasteiger partial charge in [0.15, 0.2) is 0 Å². The van der Waals surface area contributed by atoms with Gasteiger partial charge in [0, 0.05) is 23.4 Å². The summed E-state index contributed by atoms with van der Waals surface area (Å²) in [6, 6.07) is 27.4. The van der Waals surface area contributed by atoms with Crippen LogP contribution in [0.1, 0.15) is 23.6 Å². The van der Waals surface area contributed by atoms with Crippen LogP contribution in [-0.4, -0.2) is 0 Å². The minimum absolute atomic E-state index is 0.198. The smallest absolute Gasteiger partial charge is 0.129 e. The zero-order chi connectivity index (χ0) is 20.1. The zero-order valence-corrected chi connectivity index (χ0v) is 16.5. The van der Waals surface area contributed by atoms with Gasteiger partial charge in [0.2, 0.25) is 0 Å². The van der Waals surface area contributed by atoms with E-state index in [1.807, 2.05) is 30.3 Å². The van der Waals surface area contributed by atoms with E-state index in [0.29, 0.717) is 12.1 Å². The molecule has 0 bridgehead atoms. The monoisotopic (exact) mass is 385 g/mol. The number of benzene rings is 4. The summed E-state index contributed by atoms with van der Waals surface area (Å²) >= 11 is 0. The number of nitrogens with one attached hydrogen (secondary N) is 1. The quantitative estimate of drug-likeness (QED) is 0.381. The fourth-order valence-electron chi connectivity index (χ4n) is 3.59. The highest BCUT2D eigenvalue weighted by Gasteiger charge is 2.11. The van der Waals surface area contributed by atoms with Crippen molar-refractivity contribution in [2.45, 2.75) is 26.5 Å². The number of ether oxygens (including phenoxy) is 1. The highest BCUT2D eigenvalue weighted by Crippen LogP contribution is 2.30. The maximum Gasteiger partial charge on any atom is 0.129 e. The van der Waals surface area contributed by atoms with E-state index < -0.39 is 0 Å². The molecular formula is C26H24FNO. The molecule has 0 aliphatic heterocycles. The number of hydrogen-bond acceptors (Lipinski definition) is 2. The lowest BCUT2D eigenvalue weighted by atomic mass is 10.0. The Hall–Kier alpha value is -3.33. The summed E-state index contributed by atoms with van der Waals surface area (Å²) < 4.78 is 20.1. The van der Waals surface area contributed by atoms with Crippen molar-refractivity contribution in [2.75, 3.05) is 5.32 Å². The maximum absolute atomic E-state index is 14.0. The molecule has 0 fully saturated rings. The number of aryl methyl sites for hydroxylation is 1. The van der Waals surface area contributed by atoms with Gasteiger partial charge in [0.1, 0.15) is 18.2 Å². The fourth-order valence-corrected chi connectivity index (χ4v) is 3.59. The van der Waals surface area contributed by atoms with E-state index in [1.165, 1.54) is 11.6 Å². The SMILES string of the molecule is CCc1ccccc1NCc1c(OCc2ccccc2F)ccc2ccccc12. The van der Waals surface area contributed by atoms with Crippen molar-refractivity contribution in [3.8, 4) is 5.75 Å². The van der Waals surface area contributed by atoms with Crippen LogP contribution in [0.3, 0.4) is 0 Å². The van der Waals surface area contributed by atoms with E-state index in [1.54, 1.807) is 12.1 Å². The minimum Gasteiger partial charge on any atom is -0.488 e. The highest BCUT2D eigenvalue weighted by atomic mass is 19.1. The molecule has 4 rings (SSSR count). The molecule has 4 aromatic carbocycles. The van der Waals surface area contributed by atoms with Gasteiger partial charge in [-0.3, -0.25) is 0 Å². The van der Waals surface area contributed by atoms with Crippen LogP contribution >= 0.6 is 0 Å². The Morgan fingerprint density at radius 1 is 0.793 bits per heavy atom. The molecule has 2 nitrogen and oxygen atoms in total. The summed E-state index contributed by atoms with van der Waals surface area (Å²) in [5.74, 6) is 0.526. The van der Waals surface area contributed by atoms with Crippen LogP contribution in [-0.2, 0) is 19.6 Å². The number of para-hydroxylation sites is 1. The molecule has 0 heterocycles. The molecule has 4 aromatic rings. The lowest BCUT2D eigenvalue weighted by molar-refractivity contribution is 0.297. The zero-order valence-electron chi connectivity index (χ0n) is 16.5. The summed E-state index contributed by atoms with van der Waals surface area (Å²) in [4.78, 5) is 0. The van der Waals surface area contributed by atoms with Gasteiger partial charge < -0.3 is 10.1 Å². The van der Waals surface area contributed by atoms with Crippen LogP contribution in [0.15, 0.2) is 84.9 Å². The predicted molar refractivity (Wildman–Crippen MR) is 118 cm³/mol. The van der Waals surface area contributed by atoms with E-state index in [4.69, 9.17) is 4.74 Å². The summed E-state index contributed by atoms with van der Waals surface area (Å²) in [6.45, 7) is 2.98. The Kier molecular flexibility index (Phi) is 5.76. The lowest BCUT2D eigenvalue weighted by Crippen LogP contribution is -2.06. The molecule has 1 N–H and O–H groups in total. The Morgan fingerprint density at radius 3 is 2.34 bits per heavy atom. The first-order chi connectivity index (χ1) is 14.3. The van der Waals surface area contributed by atoms with Crippen molar-refractivity contribution in [3.63, 3.8) is 0 Å². The average Bonchev–Trinajstić information content (AvgIpc) is 2.77. The maximum atomic E-state index is 14.0. The molecule has 3 heteroatoms. The third kappa shape index (κ3) is 4.24. The van der Waals surface area contributed by atoms with Gasteiger partial charge in [0.05, 0.1) is 0 Å². The average molecular weight is 385 g/mol. The van der Waals surface area contributed by atoms with Crippen LogP contribution in [0.5, 0.6) is 5.75 Å². The molecule has 0 spiro atoms. The Morgan fingerprint density at radius 2 is 1.52 bits per heavy atom. The largest absolute Gasteiger partial charge is 0.488 e. The Labute approximate surface area is 171 Å². The van der Waals surface area contributed by atoms with E-state index in [9.17, 15) is 4.39 Å². The van der Waals surface area contributed by atoms with Crippen molar-refractivity contribution < 1.29 is 9.13 Å². The molecule has 0 aliphatic carbocycles. The molecule has 146 valence electrons. The molecule has 0 aromatic heterocycles. The highest BCUT2D eigenvalue weighted by molar-refractivity contribution is 5.88. The topological polar surface area (TPSA) is 21.3 Å². The third-order valence-electron chi connectivity index (χ3n) is 5.19. The molecule has 0 atom stereocenters. The van der Waals surface area contributed by atoms with E-state index in [0.717, 1.165) is 34.2 Å². The van der Waals surface area contributed by atoms with Gasteiger partial charge in [0.25, 0.3) is 0 Å². The van der Waals surface area contributed by atoms with Gasteiger partial charge >= 0.3 is 0 Å². The van der Waals surface area contributed by atoms with E-state index >= 15 is 0 Å². The van der Waals surface area contributed by atoms with Crippen molar-refractivity contribution in [2.24, 2.45) is 0 Å². The number of rotatable bonds is 7. The van der Waals surface area contributed by atoms with Gasteiger partial charge in [-0.05, 0) is 41.0 Å². The van der Waals surface area contributed by atoms with Crippen LogP contribution < -0.4 is 10.1 Å². The Bertz CT molecular complexity index is 1120. The van der Waals surface area contributed by atoms with Gasteiger partial charge in [-0.1, -0.05) is 73.7 Å². The first-order valence-electron chi connectivity index (χ1n) is 9.95. The van der Waals surface area contributed by atoms with Crippen LogP contribution in [0.4, 0.5) is 10.1 Å². The lowest BCUT2D eigenvalue weighted by Gasteiger charge is -2.17. The van der Waals surface area contributed by atoms with E-state index in [2.05, 4.69) is 48.6 Å². The van der Waals surface area contributed by atoms with Gasteiger partial charge in [-0.25, -0.2) is 4.39 Å². The van der Waals surface area contributed by atoms with Crippen LogP contribution in [0.2, 0.25) is 0 Å². The van der Waals surface area contributed by atoms with Crippen LogP contribution in [0.25, 0.3) is 10.8 Å². The fraction of sp³-hybridized carbons (Fsp3) is 0.154. The molecule has 0 aliphatic rings. The standard InChI is InChI=1S/C26H24FNO/c1-2-19-9-5-8-14-25(19)28-17-23-22-12-6-3-10-20(22)15-16-26(23)29-18-21-11-4-7-13-24(21)27/h3-16,28H,2,17-18H2,1H3. The normalized spacial score (nSPS) is 10.8. The third-order valence-corrected chi connectivity index (χ3v) is 5.19. The summed E-state index contributed by atoms with van der Waals surface area (Å²) in [5.41, 5.74) is 4.03. The second-order valence-electron chi connectivity index (χ2n) is 7.01. The number of fused-ring (bicyclic) bond motifs is 1. The Balaban J connectivity index is 1.64. The summed E-state index contributed by atoms with van der Waals surface area (Å²) in [5, 5.41) is 5.87. The molecule has 0 unspecified atom stereocenters. The second kappa shape index (κ2) is 8.78. The molecule has 29 heavy (non-hydrogen) atoms. The molecule has 0 amide bonds. The first kappa shape index (κ1) is 19.0. The number of hydrogen-bond donors (Lipinski definition) is 1. The predicted octanol–water partition coefficient (Wildman–Crippen LogP) is 6.73. The van der Waals surface area contributed by atoms with Crippen LogP contribution in [0, 0.1) is 5.82 Å². The molecule has 0 saturated carbocycles. The van der Waals surface area contributed by atoms with Crippen molar-refractivity contribution in [1.29, 1.82) is 0 Å². The number of halogens is 1. The summed E-state index contributed by atoms with van der Waals surface area (Å²) in [7, 11) is 0.